The van der Waals surface area contributed by atoms with Gasteiger partial charge in [0.2, 0.25) is 0 Å². The van der Waals surface area contributed by atoms with Gasteiger partial charge in [0.1, 0.15) is 0 Å². The Balaban J connectivity index is 1.95. The van der Waals surface area contributed by atoms with Crippen molar-refractivity contribution in [1.82, 2.24) is 5.32 Å². The van der Waals surface area contributed by atoms with E-state index in [0.29, 0.717) is 6.04 Å². The predicted octanol–water partition coefficient (Wildman–Crippen LogP) is 4.11. The Morgan fingerprint density at radius 3 is 2.56 bits per heavy atom. The number of nitrogens with one attached hydrogen (secondary N) is 1. The van der Waals surface area contributed by atoms with Gasteiger partial charge in [-0.2, -0.15) is 0 Å². The number of benzene rings is 1. The predicted molar refractivity (Wildman–Crippen MR) is 77.2 cm³/mol. The van der Waals surface area contributed by atoms with Crippen LogP contribution >= 0.6 is 0 Å². The fourth-order valence-electron chi connectivity index (χ4n) is 3.65. The molecular formula is C17H25N. The maximum atomic E-state index is 3.74. The molecule has 2 aliphatic carbocycles. The van der Waals surface area contributed by atoms with Crippen LogP contribution < -0.4 is 5.32 Å². The summed E-state index contributed by atoms with van der Waals surface area (Å²) in [5, 5.41) is 3.74. The average molecular weight is 243 g/mol. The number of hydrogen-bond donors (Lipinski definition) is 1. The molecule has 1 aromatic rings. The first-order valence-electron chi connectivity index (χ1n) is 7.68. The van der Waals surface area contributed by atoms with E-state index < -0.39 is 0 Å². The Labute approximate surface area is 111 Å². The molecule has 0 spiro atoms. The van der Waals surface area contributed by atoms with E-state index in [1.165, 1.54) is 38.5 Å². The van der Waals surface area contributed by atoms with Crippen molar-refractivity contribution >= 4 is 0 Å². The van der Waals surface area contributed by atoms with Crippen molar-refractivity contribution in [1.29, 1.82) is 0 Å². The lowest BCUT2D eigenvalue weighted by molar-refractivity contribution is 0.432. The van der Waals surface area contributed by atoms with Crippen molar-refractivity contribution in [3.63, 3.8) is 0 Å². The van der Waals surface area contributed by atoms with Gasteiger partial charge >= 0.3 is 0 Å². The summed E-state index contributed by atoms with van der Waals surface area (Å²) in [7, 11) is 0. The normalized spacial score (nSPS) is 25.9. The fraction of sp³-hybridized carbons (Fsp3) is 0.647. The highest BCUT2D eigenvalue weighted by molar-refractivity contribution is 5.45. The lowest BCUT2D eigenvalue weighted by atomic mass is 9.79. The Morgan fingerprint density at radius 1 is 1.11 bits per heavy atom. The van der Waals surface area contributed by atoms with Crippen LogP contribution in [0.1, 0.15) is 73.7 Å². The molecule has 98 valence electrons. The maximum Gasteiger partial charge on any atom is 0.0323 e. The Bertz CT molecular complexity index is 435. The zero-order valence-corrected chi connectivity index (χ0v) is 11.8. The molecule has 0 aromatic heterocycles. The molecule has 2 unspecified atom stereocenters. The van der Waals surface area contributed by atoms with Crippen molar-refractivity contribution in [2.24, 2.45) is 0 Å². The van der Waals surface area contributed by atoms with Crippen LogP contribution in [0.4, 0.5) is 0 Å². The highest BCUT2D eigenvalue weighted by Gasteiger charge is 2.26. The lowest BCUT2D eigenvalue weighted by Crippen LogP contribution is -2.27. The van der Waals surface area contributed by atoms with E-state index in [2.05, 4.69) is 31.3 Å². The molecule has 1 aromatic carbocycles. The van der Waals surface area contributed by atoms with Gasteiger partial charge < -0.3 is 5.32 Å². The van der Waals surface area contributed by atoms with Crippen LogP contribution in [0.5, 0.6) is 0 Å². The third-order valence-electron chi connectivity index (χ3n) is 4.73. The van der Waals surface area contributed by atoms with Gasteiger partial charge in [-0.3, -0.25) is 0 Å². The summed E-state index contributed by atoms with van der Waals surface area (Å²) in [6.07, 6.45) is 7.85. The molecule has 0 fully saturated rings. The van der Waals surface area contributed by atoms with Gasteiger partial charge in [-0.1, -0.05) is 26.0 Å². The second kappa shape index (κ2) is 5.05. The van der Waals surface area contributed by atoms with Gasteiger partial charge in [-0.05, 0) is 73.2 Å². The molecule has 3 rings (SSSR count). The molecule has 1 heteroatoms. The van der Waals surface area contributed by atoms with E-state index in [1.807, 2.05) is 0 Å². The first-order valence-corrected chi connectivity index (χ1v) is 7.68. The molecular weight excluding hydrogens is 218 g/mol. The second-order valence-corrected chi connectivity index (χ2v) is 6.09. The molecule has 1 N–H and O–H groups in total. The Morgan fingerprint density at radius 2 is 1.83 bits per heavy atom. The Hall–Kier alpha value is -0.820. The molecule has 0 saturated carbocycles. The topological polar surface area (TPSA) is 12.0 Å². The summed E-state index contributed by atoms with van der Waals surface area (Å²) in [6.45, 7) is 5.80. The smallest absolute Gasteiger partial charge is 0.0323 e. The van der Waals surface area contributed by atoms with Gasteiger partial charge in [0.05, 0.1) is 0 Å². The van der Waals surface area contributed by atoms with E-state index in [-0.39, 0.29) is 0 Å². The quantitative estimate of drug-likeness (QED) is 0.842. The summed E-state index contributed by atoms with van der Waals surface area (Å²) < 4.78 is 0. The van der Waals surface area contributed by atoms with Crippen molar-refractivity contribution in [2.45, 2.75) is 64.3 Å². The molecule has 0 bridgehead atoms. The van der Waals surface area contributed by atoms with Crippen LogP contribution in [0.3, 0.4) is 0 Å². The van der Waals surface area contributed by atoms with Gasteiger partial charge in [-0.15, -0.1) is 0 Å². The molecule has 0 aliphatic heterocycles. The minimum Gasteiger partial charge on any atom is -0.310 e. The third kappa shape index (κ3) is 2.09. The molecule has 18 heavy (non-hydrogen) atoms. The molecule has 0 saturated heterocycles. The summed E-state index contributed by atoms with van der Waals surface area (Å²) in [5.41, 5.74) is 6.52. The number of hydrogen-bond acceptors (Lipinski definition) is 1. The Kier molecular flexibility index (Phi) is 3.43. The van der Waals surface area contributed by atoms with Crippen molar-refractivity contribution < 1.29 is 0 Å². The van der Waals surface area contributed by atoms with Crippen LogP contribution in [-0.4, -0.2) is 6.54 Å². The van der Waals surface area contributed by atoms with Crippen LogP contribution in [0.15, 0.2) is 12.1 Å². The third-order valence-corrected chi connectivity index (χ3v) is 4.73. The van der Waals surface area contributed by atoms with Crippen molar-refractivity contribution in [2.75, 3.05) is 6.54 Å². The number of fused-ring (bicyclic) bond motifs is 2. The minimum absolute atomic E-state index is 0.613. The fourth-order valence-corrected chi connectivity index (χ4v) is 3.65. The summed E-state index contributed by atoms with van der Waals surface area (Å²) in [5.74, 6) is 0.755. The van der Waals surface area contributed by atoms with Crippen molar-refractivity contribution in [3.8, 4) is 0 Å². The summed E-state index contributed by atoms with van der Waals surface area (Å²) in [6, 6.07) is 5.67. The molecule has 0 heterocycles. The highest BCUT2D eigenvalue weighted by Crippen LogP contribution is 2.40. The van der Waals surface area contributed by atoms with Crippen LogP contribution in [-0.2, 0) is 12.8 Å². The summed E-state index contributed by atoms with van der Waals surface area (Å²) >= 11 is 0. The van der Waals surface area contributed by atoms with Gasteiger partial charge in [0, 0.05) is 6.04 Å². The minimum atomic E-state index is 0.613. The standard InChI is InChI=1S/C17H25N/c1-3-9-18-17-8-7-12(2)15-10-13-5-4-6-14(13)11-16(15)17/h10-12,17-18H,3-9H2,1-2H3. The van der Waals surface area contributed by atoms with Crippen LogP contribution in [0.25, 0.3) is 0 Å². The second-order valence-electron chi connectivity index (χ2n) is 6.09. The lowest BCUT2D eigenvalue weighted by Gasteiger charge is -2.31. The maximum absolute atomic E-state index is 3.74. The van der Waals surface area contributed by atoms with Crippen LogP contribution in [0.2, 0.25) is 0 Å². The van der Waals surface area contributed by atoms with E-state index in [4.69, 9.17) is 0 Å². The first-order chi connectivity index (χ1) is 8.79. The van der Waals surface area contributed by atoms with E-state index in [1.54, 1.807) is 22.3 Å². The molecule has 0 radical (unpaired) electrons. The number of aryl methyl sites for hydroxylation is 2. The van der Waals surface area contributed by atoms with Crippen LogP contribution in [0, 0.1) is 0 Å². The highest BCUT2D eigenvalue weighted by atomic mass is 14.9. The van der Waals surface area contributed by atoms with Gasteiger partial charge in [0.15, 0.2) is 0 Å². The molecule has 0 amide bonds. The van der Waals surface area contributed by atoms with Gasteiger partial charge in [0.25, 0.3) is 0 Å². The first kappa shape index (κ1) is 12.2. The van der Waals surface area contributed by atoms with E-state index in [9.17, 15) is 0 Å². The van der Waals surface area contributed by atoms with Gasteiger partial charge in [-0.25, -0.2) is 0 Å². The van der Waals surface area contributed by atoms with Crippen molar-refractivity contribution in [3.05, 3.63) is 34.4 Å². The average Bonchev–Trinajstić information content (AvgIpc) is 2.83. The largest absolute Gasteiger partial charge is 0.310 e. The van der Waals surface area contributed by atoms with E-state index >= 15 is 0 Å². The zero-order valence-electron chi connectivity index (χ0n) is 11.8. The molecule has 2 atom stereocenters. The monoisotopic (exact) mass is 243 g/mol. The van der Waals surface area contributed by atoms with E-state index in [0.717, 1.165) is 12.5 Å². The number of rotatable bonds is 3. The molecule has 1 nitrogen and oxygen atoms in total. The zero-order chi connectivity index (χ0) is 12.5. The summed E-state index contributed by atoms with van der Waals surface area (Å²) in [4.78, 5) is 0. The molecule has 2 aliphatic rings. The SMILES string of the molecule is CCCNC1CCC(C)c2cc3c(cc21)CCC3.